The summed E-state index contributed by atoms with van der Waals surface area (Å²) in [7, 11) is 0. The molecule has 0 spiro atoms. The van der Waals surface area contributed by atoms with Gasteiger partial charge in [0.25, 0.3) is 0 Å². The molecule has 130 valence electrons. The fourth-order valence-corrected chi connectivity index (χ4v) is 2.36. The molecule has 0 atom stereocenters. The Balaban J connectivity index is 0.00000441. The molecule has 0 unspecified atom stereocenters. The number of ether oxygens (including phenoxy) is 1. The van der Waals surface area contributed by atoms with Crippen molar-refractivity contribution < 1.29 is 9.53 Å². The highest BCUT2D eigenvalue weighted by Crippen LogP contribution is 2.11. The van der Waals surface area contributed by atoms with Gasteiger partial charge < -0.3 is 20.3 Å². The number of nitrogens with zero attached hydrogens (tertiary/aromatic N) is 3. The fourth-order valence-electron chi connectivity index (χ4n) is 1.95. The van der Waals surface area contributed by atoms with Crippen molar-refractivity contribution in [3.8, 4) is 0 Å². The number of amides is 1. The van der Waals surface area contributed by atoms with Crippen LogP contribution in [0.2, 0.25) is 0 Å². The molecule has 1 aliphatic heterocycles. The van der Waals surface area contributed by atoms with Crippen molar-refractivity contribution in [1.82, 2.24) is 9.80 Å². The van der Waals surface area contributed by atoms with Crippen LogP contribution in [0, 0.1) is 0 Å². The zero-order chi connectivity index (χ0) is 15.9. The van der Waals surface area contributed by atoms with Crippen molar-refractivity contribution in [1.29, 1.82) is 0 Å². The Bertz CT molecular complexity index is 366. The third kappa shape index (κ3) is 8.30. The maximum absolute atomic E-state index is 12.0. The lowest BCUT2D eigenvalue weighted by atomic mass is 10.2. The predicted octanol–water partition coefficient (Wildman–Crippen LogP) is 2.22. The van der Waals surface area contributed by atoms with E-state index in [-0.39, 0.29) is 30.1 Å². The van der Waals surface area contributed by atoms with Crippen LogP contribution < -0.4 is 5.73 Å². The van der Waals surface area contributed by atoms with Gasteiger partial charge in [-0.1, -0.05) is 0 Å². The summed E-state index contributed by atoms with van der Waals surface area (Å²) in [5, 5.41) is 0. The molecule has 1 amide bonds. The molecular formula is C14H29IN4O2S. The molecule has 2 N–H and O–H groups in total. The van der Waals surface area contributed by atoms with Gasteiger partial charge in [-0.2, -0.15) is 11.8 Å². The van der Waals surface area contributed by atoms with Crippen LogP contribution in [0.3, 0.4) is 0 Å². The van der Waals surface area contributed by atoms with E-state index in [9.17, 15) is 4.79 Å². The lowest BCUT2D eigenvalue weighted by Crippen LogP contribution is -2.53. The van der Waals surface area contributed by atoms with Gasteiger partial charge in [0.05, 0.1) is 0 Å². The molecule has 1 rings (SSSR count). The summed E-state index contributed by atoms with van der Waals surface area (Å²) in [6, 6.07) is 0. The molecule has 0 aromatic heterocycles. The van der Waals surface area contributed by atoms with Gasteiger partial charge in [0.15, 0.2) is 5.96 Å². The number of piperazine rings is 1. The third-order valence-corrected chi connectivity index (χ3v) is 3.73. The first-order chi connectivity index (χ1) is 9.83. The number of aliphatic imine (C=N–C) groups is 1. The normalized spacial score (nSPS) is 16.3. The standard InChI is InChI=1S/C14H28N4O2S.HI/c1-14(2,3)20-13(19)18-9-7-17(8-10-18)12(15)16-6-5-11-21-4;/h5-11H2,1-4H3,(H2,15,16);1H. The summed E-state index contributed by atoms with van der Waals surface area (Å²) >= 11 is 1.82. The number of carbonyl (C=O) groups excluding carboxylic acids is 1. The summed E-state index contributed by atoms with van der Waals surface area (Å²) in [4.78, 5) is 20.1. The van der Waals surface area contributed by atoms with E-state index in [4.69, 9.17) is 10.5 Å². The molecule has 6 nitrogen and oxygen atoms in total. The number of carbonyl (C=O) groups is 1. The summed E-state index contributed by atoms with van der Waals surface area (Å²) in [5.41, 5.74) is 5.54. The van der Waals surface area contributed by atoms with Gasteiger partial charge in [0.1, 0.15) is 5.60 Å². The number of halogens is 1. The number of thioether (sulfide) groups is 1. The molecule has 0 radical (unpaired) electrons. The van der Waals surface area contributed by atoms with E-state index in [1.807, 2.05) is 37.4 Å². The van der Waals surface area contributed by atoms with E-state index >= 15 is 0 Å². The van der Waals surface area contributed by atoms with Gasteiger partial charge in [0, 0.05) is 32.7 Å². The Morgan fingerprint density at radius 3 is 2.27 bits per heavy atom. The smallest absolute Gasteiger partial charge is 0.410 e. The molecule has 1 saturated heterocycles. The highest BCUT2D eigenvalue weighted by atomic mass is 127. The van der Waals surface area contributed by atoms with Crippen LogP contribution >= 0.6 is 35.7 Å². The van der Waals surface area contributed by atoms with E-state index in [1.165, 1.54) is 0 Å². The lowest BCUT2D eigenvalue weighted by molar-refractivity contribution is 0.0186. The zero-order valence-corrected chi connectivity index (χ0v) is 17.1. The molecule has 0 bridgehead atoms. The highest BCUT2D eigenvalue weighted by Gasteiger charge is 2.26. The third-order valence-electron chi connectivity index (χ3n) is 3.04. The van der Waals surface area contributed by atoms with Crippen LogP contribution in [0.1, 0.15) is 27.2 Å². The molecule has 1 aliphatic rings. The van der Waals surface area contributed by atoms with Crippen LogP contribution in [0.5, 0.6) is 0 Å². The molecule has 8 heteroatoms. The van der Waals surface area contributed by atoms with E-state index in [0.717, 1.165) is 18.7 Å². The minimum absolute atomic E-state index is 0. The number of hydrogen-bond donors (Lipinski definition) is 1. The Labute approximate surface area is 155 Å². The number of nitrogens with two attached hydrogens (primary N) is 1. The Hall–Kier alpha value is -0.380. The second-order valence-electron chi connectivity index (χ2n) is 6.04. The number of hydrogen-bond acceptors (Lipinski definition) is 4. The monoisotopic (exact) mass is 444 g/mol. The fraction of sp³-hybridized carbons (Fsp3) is 0.857. The van der Waals surface area contributed by atoms with Crippen molar-refractivity contribution in [3.05, 3.63) is 0 Å². The van der Waals surface area contributed by atoms with Crippen LogP contribution in [0.15, 0.2) is 4.99 Å². The average Bonchev–Trinajstić information content (AvgIpc) is 2.41. The average molecular weight is 444 g/mol. The van der Waals surface area contributed by atoms with Crippen molar-refractivity contribution in [2.24, 2.45) is 10.7 Å². The highest BCUT2D eigenvalue weighted by molar-refractivity contribution is 14.0. The van der Waals surface area contributed by atoms with Crippen LogP contribution in [-0.2, 0) is 4.74 Å². The van der Waals surface area contributed by atoms with Crippen LogP contribution in [0.25, 0.3) is 0 Å². The first kappa shape index (κ1) is 21.6. The first-order valence-electron chi connectivity index (χ1n) is 7.35. The second-order valence-corrected chi connectivity index (χ2v) is 7.03. The zero-order valence-electron chi connectivity index (χ0n) is 14.0. The number of rotatable bonds is 4. The maximum atomic E-state index is 12.0. The second kappa shape index (κ2) is 10.4. The Morgan fingerprint density at radius 1 is 1.23 bits per heavy atom. The van der Waals surface area contributed by atoms with Crippen LogP contribution in [-0.4, -0.2) is 72.2 Å². The molecule has 1 fully saturated rings. The largest absolute Gasteiger partial charge is 0.444 e. The van der Waals surface area contributed by atoms with E-state index < -0.39 is 5.60 Å². The van der Waals surface area contributed by atoms with Gasteiger partial charge in [-0.05, 0) is 39.2 Å². The maximum Gasteiger partial charge on any atom is 0.410 e. The molecule has 0 aromatic carbocycles. The van der Waals surface area contributed by atoms with Crippen molar-refractivity contribution >= 4 is 47.8 Å². The van der Waals surface area contributed by atoms with Crippen molar-refractivity contribution in [2.45, 2.75) is 32.8 Å². The Morgan fingerprint density at radius 2 is 1.77 bits per heavy atom. The van der Waals surface area contributed by atoms with E-state index in [0.29, 0.717) is 32.1 Å². The lowest BCUT2D eigenvalue weighted by Gasteiger charge is -2.36. The Kier molecular flexibility index (Phi) is 10.2. The van der Waals surface area contributed by atoms with E-state index in [2.05, 4.69) is 11.2 Å². The molecule has 22 heavy (non-hydrogen) atoms. The minimum atomic E-state index is -0.452. The molecule has 1 heterocycles. The molecular weight excluding hydrogens is 415 g/mol. The van der Waals surface area contributed by atoms with Gasteiger partial charge in [-0.3, -0.25) is 4.99 Å². The summed E-state index contributed by atoms with van der Waals surface area (Å²) in [6.45, 7) is 9.04. The molecule has 0 aliphatic carbocycles. The van der Waals surface area contributed by atoms with E-state index in [1.54, 1.807) is 4.90 Å². The van der Waals surface area contributed by atoms with Gasteiger partial charge in [0.2, 0.25) is 0 Å². The summed E-state index contributed by atoms with van der Waals surface area (Å²) in [6.07, 6.45) is 2.88. The van der Waals surface area contributed by atoms with Gasteiger partial charge >= 0.3 is 6.09 Å². The first-order valence-corrected chi connectivity index (χ1v) is 8.74. The van der Waals surface area contributed by atoms with Gasteiger partial charge in [-0.25, -0.2) is 4.79 Å². The van der Waals surface area contributed by atoms with Gasteiger partial charge in [-0.15, -0.1) is 24.0 Å². The topological polar surface area (TPSA) is 71.2 Å². The minimum Gasteiger partial charge on any atom is -0.444 e. The molecule has 0 saturated carbocycles. The van der Waals surface area contributed by atoms with Crippen LogP contribution in [0.4, 0.5) is 4.79 Å². The summed E-state index contributed by atoms with van der Waals surface area (Å²) in [5.74, 6) is 1.68. The SMILES string of the molecule is CSCCCN=C(N)N1CCN(C(=O)OC(C)(C)C)CC1.I. The number of guanidine groups is 1. The molecule has 0 aromatic rings. The van der Waals surface area contributed by atoms with Crippen molar-refractivity contribution in [2.75, 3.05) is 44.7 Å². The summed E-state index contributed by atoms with van der Waals surface area (Å²) < 4.78 is 5.37. The van der Waals surface area contributed by atoms with Crippen molar-refractivity contribution in [3.63, 3.8) is 0 Å². The predicted molar refractivity (Wildman–Crippen MR) is 104 cm³/mol. The quantitative estimate of drug-likeness (QED) is 0.312.